The molecule has 1 aliphatic heterocycles. The van der Waals surface area contributed by atoms with Crippen molar-refractivity contribution in [1.82, 2.24) is 14.8 Å². The van der Waals surface area contributed by atoms with Gasteiger partial charge in [0.2, 0.25) is 5.91 Å². The summed E-state index contributed by atoms with van der Waals surface area (Å²) in [6, 6.07) is 21.5. The van der Waals surface area contributed by atoms with Gasteiger partial charge in [0.25, 0.3) is 0 Å². The minimum Gasteiger partial charge on any atom is -0.497 e. The summed E-state index contributed by atoms with van der Waals surface area (Å²) >= 11 is 1.74. The number of ether oxygens (including phenoxy) is 1. The van der Waals surface area contributed by atoms with Crippen LogP contribution in [0.25, 0.3) is 16.9 Å². The lowest BCUT2D eigenvalue weighted by Crippen LogP contribution is -2.40. The van der Waals surface area contributed by atoms with Crippen LogP contribution in [0.2, 0.25) is 0 Å². The third-order valence-corrected chi connectivity index (χ3v) is 7.47. The average molecular weight is 478 g/mol. The molecule has 0 aliphatic carbocycles. The lowest BCUT2D eigenvalue weighted by Gasteiger charge is -2.22. The lowest BCUT2D eigenvalue weighted by atomic mass is 10.1. The van der Waals surface area contributed by atoms with E-state index in [0.29, 0.717) is 18.9 Å². The molecule has 1 fully saturated rings. The minimum absolute atomic E-state index is 0.124. The number of nitrogens with one attached hydrogen (secondary N) is 1. The van der Waals surface area contributed by atoms with Crippen LogP contribution in [0.5, 0.6) is 5.75 Å². The molecule has 0 bridgehead atoms. The van der Waals surface area contributed by atoms with E-state index in [-0.39, 0.29) is 5.91 Å². The van der Waals surface area contributed by atoms with Crippen molar-refractivity contribution in [3.05, 3.63) is 66.4 Å². The van der Waals surface area contributed by atoms with Gasteiger partial charge in [0.1, 0.15) is 5.75 Å². The Hall–Kier alpha value is -2.70. The Balaban J connectivity index is 1.51. The van der Waals surface area contributed by atoms with Crippen LogP contribution in [-0.2, 0) is 11.2 Å². The fourth-order valence-corrected chi connectivity index (χ4v) is 5.21. The molecule has 2 heterocycles. The molecule has 6 heteroatoms. The molecule has 0 saturated carbocycles. The van der Waals surface area contributed by atoms with E-state index < -0.39 is 0 Å². The molecule has 34 heavy (non-hydrogen) atoms. The normalized spacial score (nSPS) is 16.0. The largest absolute Gasteiger partial charge is 0.497 e. The van der Waals surface area contributed by atoms with Gasteiger partial charge in [-0.15, -0.1) is 11.8 Å². The molecule has 1 aliphatic rings. The van der Waals surface area contributed by atoms with Gasteiger partial charge < -0.3 is 14.6 Å². The highest BCUT2D eigenvalue weighted by Gasteiger charge is 2.23. The van der Waals surface area contributed by atoms with Crippen LogP contribution in [0.3, 0.4) is 0 Å². The summed E-state index contributed by atoms with van der Waals surface area (Å²) in [5, 5.41) is 3.18. The number of likely N-dealkylation sites (N-methyl/N-ethyl adjacent to an activating group) is 1. The summed E-state index contributed by atoms with van der Waals surface area (Å²) in [7, 11) is 1.68. The first kappa shape index (κ1) is 24.4. The van der Waals surface area contributed by atoms with E-state index in [1.807, 2.05) is 12.1 Å². The Kier molecular flexibility index (Phi) is 8.35. The van der Waals surface area contributed by atoms with E-state index in [9.17, 15) is 4.79 Å². The second-order valence-electron chi connectivity index (χ2n) is 8.70. The van der Waals surface area contributed by atoms with Gasteiger partial charge in [0.05, 0.1) is 12.8 Å². The summed E-state index contributed by atoms with van der Waals surface area (Å²) < 4.78 is 7.61. The summed E-state index contributed by atoms with van der Waals surface area (Å²) in [5.41, 5.74) is 4.47. The predicted octanol–water partition coefficient (Wildman–Crippen LogP) is 5.41. The zero-order chi connectivity index (χ0) is 23.9. The first-order chi connectivity index (χ1) is 16.6. The van der Waals surface area contributed by atoms with Gasteiger partial charge >= 0.3 is 0 Å². The summed E-state index contributed by atoms with van der Waals surface area (Å²) in [4.78, 5) is 16.4. The molecular formula is C28H35N3O2S. The molecule has 1 amide bonds. The molecular weight excluding hydrogens is 442 g/mol. The summed E-state index contributed by atoms with van der Waals surface area (Å²) in [6.07, 6.45) is 5.66. The highest BCUT2D eigenvalue weighted by atomic mass is 32.2. The quantitative estimate of drug-likeness (QED) is 0.397. The van der Waals surface area contributed by atoms with Crippen molar-refractivity contribution in [1.29, 1.82) is 0 Å². The number of carbonyl (C=O) groups excluding carboxylic acids is 1. The highest BCUT2D eigenvalue weighted by molar-refractivity contribution is 7.98. The topological polar surface area (TPSA) is 46.5 Å². The van der Waals surface area contributed by atoms with E-state index in [0.717, 1.165) is 48.0 Å². The molecule has 0 radical (unpaired) electrons. The molecule has 0 unspecified atom stereocenters. The van der Waals surface area contributed by atoms with Crippen LogP contribution in [-0.4, -0.2) is 54.4 Å². The fraction of sp³-hybridized carbons (Fsp3) is 0.393. The van der Waals surface area contributed by atoms with Crippen molar-refractivity contribution >= 4 is 17.7 Å². The minimum atomic E-state index is 0.124. The van der Waals surface area contributed by atoms with Crippen LogP contribution in [0, 0.1) is 0 Å². The van der Waals surface area contributed by atoms with E-state index in [2.05, 4.69) is 76.5 Å². The number of benzene rings is 2. The number of aromatic nitrogens is 1. The smallest absolute Gasteiger partial charge is 0.220 e. The van der Waals surface area contributed by atoms with Gasteiger partial charge in [-0.05, 0) is 105 Å². The maximum Gasteiger partial charge on any atom is 0.220 e. The third-order valence-electron chi connectivity index (χ3n) is 6.73. The molecule has 1 aromatic heterocycles. The number of aryl methyl sites for hydroxylation is 1. The molecule has 1 N–H and O–H groups in total. The van der Waals surface area contributed by atoms with Gasteiger partial charge in [-0.3, -0.25) is 9.69 Å². The Bertz CT molecular complexity index is 1080. The number of likely N-dealkylation sites (tertiary alicyclic amines) is 1. The first-order valence-electron chi connectivity index (χ1n) is 12.1. The van der Waals surface area contributed by atoms with Crippen molar-refractivity contribution in [3.63, 3.8) is 0 Å². The third kappa shape index (κ3) is 5.68. The number of carbonyl (C=O) groups is 1. The molecule has 3 aromatic rings. The van der Waals surface area contributed by atoms with Crippen LogP contribution in [0.4, 0.5) is 0 Å². The van der Waals surface area contributed by atoms with Crippen molar-refractivity contribution in [3.8, 4) is 22.7 Å². The van der Waals surface area contributed by atoms with Gasteiger partial charge in [0, 0.05) is 35.3 Å². The number of methoxy groups -OCH3 is 1. The maximum absolute atomic E-state index is 12.7. The monoisotopic (exact) mass is 477 g/mol. The molecule has 180 valence electrons. The number of thioether (sulfide) groups is 1. The first-order valence-corrected chi connectivity index (χ1v) is 13.4. The zero-order valence-corrected chi connectivity index (χ0v) is 21.2. The van der Waals surface area contributed by atoms with Gasteiger partial charge in [0.15, 0.2) is 0 Å². The Labute approximate surface area is 207 Å². The second kappa shape index (κ2) is 11.6. The lowest BCUT2D eigenvalue weighted by molar-refractivity contribution is -0.121. The predicted molar refractivity (Wildman–Crippen MR) is 141 cm³/mol. The summed E-state index contributed by atoms with van der Waals surface area (Å²) in [5.74, 6) is 0.964. The van der Waals surface area contributed by atoms with Crippen molar-refractivity contribution < 1.29 is 9.53 Å². The average Bonchev–Trinajstić information content (AvgIpc) is 3.53. The van der Waals surface area contributed by atoms with Crippen LogP contribution in [0.1, 0.15) is 31.9 Å². The SMILES string of the molecule is CCN1CCC[C@H]1CNC(=O)CCc1ccc(-c2ccc(OC)cc2)n1-c1ccc(SC)cc1. The van der Waals surface area contributed by atoms with Crippen molar-refractivity contribution in [2.24, 2.45) is 0 Å². The molecule has 0 spiro atoms. The van der Waals surface area contributed by atoms with Crippen LogP contribution < -0.4 is 10.1 Å². The number of rotatable bonds is 10. The molecule has 1 atom stereocenters. The van der Waals surface area contributed by atoms with Gasteiger partial charge in [-0.25, -0.2) is 0 Å². The van der Waals surface area contributed by atoms with Crippen molar-refractivity contribution in [2.75, 3.05) is 33.0 Å². The second-order valence-corrected chi connectivity index (χ2v) is 9.58. The number of hydrogen-bond donors (Lipinski definition) is 1. The Morgan fingerprint density at radius 1 is 1.09 bits per heavy atom. The number of nitrogens with zero attached hydrogens (tertiary/aromatic N) is 2. The molecule has 5 nitrogen and oxygen atoms in total. The highest BCUT2D eigenvalue weighted by Crippen LogP contribution is 2.30. The Morgan fingerprint density at radius 3 is 2.53 bits per heavy atom. The zero-order valence-electron chi connectivity index (χ0n) is 20.4. The van der Waals surface area contributed by atoms with Gasteiger partial charge in [-0.2, -0.15) is 0 Å². The molecule has 4 rings (SSSR count). The van der Waals surface area contributed by atoms with Crippen molar-refractivity contribution in [2.45, 2.75) is 43.5 Å². The molecule has 2 aromatic carbocycles. The number of amides is 1. The van der Waals surface area contributed by atoms with Crippen LogP contribution in [0.15, 0.2) is 65.6 Å². The van der Waals surface area contributed by atoms with Crippen LogP contribution >= 0.6 is 11.8 Å². The van der Waals surface area contributed by atoms with E-state index in [1.54, 1.807) is 18.9 Å². The van der Waals surface area contributed by atoms with Gasteiger partial charge in [-0.1, -0.05) is 6.92 Å². The molecule has 1 saturated heterocycles. The summed E-state index contributed by atoms with van der Waals surface area (Å²) in [6.45, 7) is 5.15. The van der Waals surface area contributed by atoms with E-state index in [1.165, 1.54) is 17.7 Å². The Morgan fingerprint density at radius 2 is 1.85 bits per heavy atom. The van der Waals surface area contributed by atoms with E-state index in [4.69, 9.17) is 4.74 Å². The standard InChI is InChI=1S/C28H35N3O2S/c1-4-30-19-5-6-24(30)20-29-28(32)18-12-23-11-17-27(21-7-13-25(33-2)14-8-21)31(23)22-9-15-26(34-3)16-10-22/h7-11,13-17,24H,4-6,12,18-20H2,1-3H3,(H,29,32)/t24-/m0/s1. The fourth-order valence-electron chi connectivity index (χ4n) is 4.80. The maximum atomic E-state index is 12.7. The van der Waals surface area contributed by atoms with E-state index >= 15 is 0 Å². The number of hydrogen-bond acceptors (Lipinski definition) is 4.